The number of piperidine rings is 1. The molecule has 0 aliphatic carbocycles. The van der Waals surface area contributed by atoms with Crippen molar-refractivity contribution in [1.82, 2.24) is 9.88 Å². The second kappa shape index (κ2) is 5.35. The van der Waals surface area contributed by atoms with Gasteiger partial charge in [-0.3, -0.25) is 9.59 Å². The van der Waals surface area contributed by atoms with Gasteiger partial charge in [0, 0.05) is 38.0 Å². The maximum Gasteiger partial charge on any atom is 0.254 e. The minimum Gasteiger partial charge on any atom is -0.379 e. The van der Waals surface area contributed by atoms with E-state index in [9.17, 15) is 9.59 Å². The topological polar surface area (TPSA) is 62.4 Å². The third kappa shape index (κ3) is 2.61. The number of nitrogens with zero attached hydrogens (tertiary/aromatic N) is 1. The van der Waals surface area contributed by atoms with E-state index in [-0.39, 0.29) is 17.6 Å². The van der Waals surface area contributed by atoms with Gasteiger partial charge in [0.1, 0.15) is 0 Å². The highest BCUT2D eigenvalue weighted by Gasteiger charge is 2.29. The molecule has 2 atom stereocenters. The summed E-state index contributed by atoms with van der Waals surface area (Å²) < 4.78 is 5.38. The first kappa shape index (κ1) is 12.8. The molecule has 1 fully saturated rings. The van der Waals surface area contributed by atoms with Crippen molar-refractivity contribution in [2.75, 3.05) is 20.2 Å². The van der Waals surface area contributed by atoms with Gasteiger partial charge in [-0.2, -0.15) is 0 Å². The van der Waals surface area contributed by atoms with Crippen LogP contribution in [0, 0.1) is 5.92 Å². The Bertz CT molecular complexity index is 483. The lowest BCUT2D eigenvalue weighted by molar-refractivity contribution is -0.00157. The maximum absolute atomic E-state index is 12.2. The highest BCUT2D eigenvalue weighted by molar-refractivity contribution is 5.94. The van der Waals surface area contributed by atoms with E-state index in [4.69, 9.17) is 4.74 Å². The predicted octanol–water partition coefficient (Wildman–Crippen LogP) is 0.872. The molecule has 98 valence electrons. The predicted molar refractivity (Wildman–Crippen MR) is 67.5 cm³/mol. The quantitative estimate of drug-likeness (QED) is 0.847. The molecule has 2 heterocycles. The van der Waals surface area contributed by atoms with Gasteiger partial charge in [0.25, 0.3) is 5.91 Å². The number of ether oxygens (including phenoxy) is 1. The number of rotatable bonds is 2. The van der Waals surface area contributed by atoms with E-state index in [0.29, 0.717) is 24.6 Å². The van der Waals surface area contributed by atoms with Crippen molar-refractivity contribution in [2.45, 2.75) is 19.4 Å². The Labute approximate surface area is 106 Å². The largest absolute Gasteiger partial charge is 0.379 e. The van der Waals surface area contributed by atoms with Crippen molar-refractivity contribution < 1.29 is 9.53 Å². The van der Waals surface area contributed by atoms with Gasteiger partial charge in [0.05, 0.1) is 6.10 Å². The molecule has 1 aromatic heterocycles. The number of methoxy groups -OCH3 is 1. The summed E-state index contributed by atoms with van der Waals surface area (Å²) in [7, 11) is 1.67. The minimum atomic E-state index is -0.255. The Hall–Kier alpha value is -1.62. The molecule has 1 saturated heterocycles. The van der Waals surface area contributed by atoms with Crippen LogP contribution in [-0.2, 0) is 4.74 Å². The number of hydrogen-bond acceptors (Lipinski definition) is 3. The van der Waals surface area contributed by atoms with Crippen LogP contribution in [0.3, 0.4) is 0 Å². The molecule has 1 aliphatic heterocycles. The third-order valence-electron chi connectivity index (χ3n) is 3.50. The molecule has 1 amide bonds. The van der Waals surface area contributed by atoms with Crippen molar-refractivity contribution in [3.63, 3.8) is 0 Å². The smallest absolute Gasteiger partial charge is 0.254 e. The SMILES string of the molecule is COC1CN(C(=O)c2cc[nH]c(=O)c2)CCC1C. The zero-order valence-corrected chi connectivity index (χ0v) is 10.7. The number of pyridine rings is 1. The van der Waals surface area contributed by atoms with E-state index >= 15 is 0 Å². The summed E-state index contributed by atoms with van der Waals surface area (Å²) in [6.45, 7) is 3.43. The lowest BCUT2D eigenvalue weighted by Crippen LogP contribution is -2.46. The molecule has 5 nitrogen and oxygen atoms in total. The van der Waals surface area contributed by atoms with Crippen LogP contribution in [0.1, 0.15) is 23.7 Å². The Morgan fingerprint density at radius 2 is 2.33 bits per heavy atom. The lowest BCUT2D eigenvalue weighted by Gasteiger charge is -2.36. The molecular formula is C13H18N2O3. The van der Waals surface area contributed by atoms with Crippen LogP contribution < -0.4 is 5.56 Å². The van der Waals surface area contributed by atoms with Crippen LogP contribution in [-0.4, -0.2) is 42.1 Å². The van der Waals surface area contributed by atoms with Gasteiger partial charge in [-0.05, 0) is 18.4 Å². The number of carbonyl (C=O) groups is 1. The van der Waals surface area contributed by atoms with Crippen LogP contribution in [0.5, 0.6) is 0 Å². The molecule has 1 aromatic rings. The fraction of sp³-hybridized carbons (Fsp3) is 0.538. The van der Waals surface area contributed by atoms with Crippen molar-refractivity contribution in [3.8, 4) is 0 Å². The molecule has 18 heavy (non-hydrogen) atoms. The highest BCUT2D eigenvalue weighted by atomic mass is 16.5. The summed E-state index contributed by atoms with van der Waals surface area (Å²) in [5.74, 6) is 0.355. The Kier molecular flexibility index (Phi) is 3.81. The average Bonchev–Trinajstić information content (AvgIpc) is 2.38. The minimum absolute atomic E-state index is 0.0738. The Morgan fingerprint density at radius 3 is 3.00 bits per heavy atom. The second-order valence-corrected chi connectivity index (χ2v) is 4.73. The Morgan fingerprint density at radius 1 is 1.56 bits per heavy atom. The van der Waals surface area contributed by atoms with Crippen LogP contribution in [0.15, 0.2) is 23.1 Å². The molecule has 2 rings (SSSR count). The fourth-order valence-corrected chi connectivity index (χ4v) is 2.29. The molecule has 5 heteroatoms. The molecule has 0 radical (unpaired) electrons. The number of amides is 1. The molecule has 0 bridgehead atoms. The molecule has 1 N–H and O–H groups in total. The molecule has 0 saturated carbocycles. The summed E-state index contributed by atoms with van der Waals surface area (Å²) in [4.78, 5) is 27.7. The fourth-order valence-electron chi connectivity index (χ4n) is 2.29. The van der Waals surface area contributed by atoms with Gasteiger partial charge < -0.3 is 14.6 Å². The number of aromatic nitrogens is 1. The summed E-state index contributed by atoms with van der Waals surface area (Å²) in [5, 5.41) is 0. The highest BCUT2D eigenvalue weighted by Crippen LogP contribution is 2.20. The van der Waals surface area contributed by atoms with Crippen LogP contribution >= 0.6 is 0 Å². The van der Waals surface area contributed by atoms with Gasteiger partial charge in [0.15, 0.2) is 0 Å². The van der Waals surface area contributed by atoms with Gasteiger partial charge in [-0.15, -0.1) is 0 Å². The van der Waals surface area contributed by atoms with E-state index in [1.165, 1.54) is 12.3 Å². The van der Waals surface area contributed by atoms with Gasteiger partial charge in [0.2, 0.25) is 5.56 Å². The van der Waals surface area contributed by atoms with Crippen LogP contribution in [0.25, 0.3) is 0 Å². The molecule has 0 spiro atoms. The number of carbonyl (C=O) groups excluding carboxylic acids is 1. The zero-order chi connectivity index (χ0) is 13.1. The summed E-state index contributed by atoms with van der Waals surface area (Å²) in [6, 6.07) is 2.96. The van der Waals surface area contributed by atoms with Gasteiger partial charge in [-0.1, -0.05) is 6.92 Å². The van der Waals surface area contributed by atoms with E-state index < -0.39 is 0 Å². The van der Waals surface area contributed by atoms with Crippen LogP contribution in [0.4, 0.5) is 0 Å². The number of H-pyrrole nitrogens is 1. The van der Waals surface area contributed by atoms with Crippen LogP contribution in [0.2, 0.25) is 0 Å². The number of hydrogen-bond donors (Lipinski definition) is 1. The standard InChI is InChI=1S/C13H18N2O3/c1-9-4-6-15(8-11(9)18-2)13(17)10-3-5-14-12(16)7-10/h3,5,7,9,11H,4,6,8H2,1-2H3,(H,14,16). The van der Waals surface area contributed by atoms with Gasteiger partial charge in [-0.25, -0.2) is 0 Å². The average molecular weight is 250 g/mol. The van der Waals surface area contributed by atoms with Crippen molar-refractivity contribution in [2.24, 2.45) is 5.92 Å². The molecule has 2 unspecified atom stereocenters. The van der Waals surface area contributed by atoms with E-state index in [2.05, 4.69) is 11.9 Å². The first-order valence-electron chi connectivity index (χ1n) is 6.12. The zero-order valence-electron chi connectivity index (χ0n) is 10.7. The first-order valence-corrected chi connectivity index (χ1v) is 6.12. The summed E-state index contributed by atoms with van der Waals surface area (Å²) >= 11 is 0. The summed E-state index contributed by atoms with van der Waals surface area (Å²) in [6.07, 6.45) is 2.49. The molecule has 0 aromatic carbocycles. The Balaban J connectivity index is 2.12. The van der Waals surface area contributed by atoms with E-state index in [1.54, 1.807) is 18.1 Å². The normalized spacial score (nSPS) is 24.0. The molecule has 1 aliphatic rings. The first-order chi connectivity index (χ1) is 8.61. The number of nitrogens with one attached hydrogen (secondary N) is 1. The monoisotopic (exact) mass is 250 g/mol. The van der Waals surface area contributed by atoms with Crippen molar-refractivity contribution >= 4 is 5.91 Å². The second-order valence-electron chi connectivity index (χ2n) is 4.73. The van der Waals surface area contributed by atoms with E-state index in [0.717, 1.165) is 6.42 Å². The maximum atomic E-state index is 12.2. The number of aromatic amines is 1. The van der Waals surface area contributed by atoms with E-state index in [1.807, 2.05) is 0 Å². The lowest BCUT2D eigenvalue weighted by atomic mass is 9.95. The third-order valence-corrected chi connectivity index (χ3v) is 3.50. The molecular weight excluding hydrogens is 232 g/mol. The number of likely N-dealkylation sites (tertiary alicyclic amines) is 1. The van der Waals surface area contributed by atoms with Crippen molar-refractivity contribution in [3.05, 3.63) is 34.2 Å². The van der Waals surface area contributed by atoms with Gasteiger partial charge >= 0.3 is 0 Å². The van der Waals surface area contributed by atoms with Crippen molar-refractivity contribution in [1.29, 1.82) is 0 Å². The summed E-state index contributed by atoms with van der Waals surface area (Å²) in [5.41, 5.74) is 0.178.